The molecule has 21 heavy (non-hydrogen) atoms. The molecule has 0 radical (unpaired) electrons. The fraction of sp³-hybridized carbons (Fsp3) is 0.667. The van der Waals surface area contributed by atoms with Gasteiger partial charge in [-0.1, -0.05) is 44.2 Å². The first-order valence-electron chi connectivity index (χ1n) is 8.26. The van der Waals surface area contributed by atoms with Crippen molar-refractivity contribution in [2.75, 3.05) is 26.2 Å². The van der Waals surface area contributed by atoms with E-state index in [9.17, 15) is 5.11 Å². The molecule has 3 heteroatoms. The number of piperidine rings is 1. The van der Waals surface area contributed by atoms with Crippen LogP contribution in [-0.2, 0) is 4.74 Å². The first-order valence-corrected chi connectivity index (χ1v) is 8.26. The number of rotatable bonds is 7. The van der Waals surface area contributed by atoms with Crippen molar-refractivity contribution in [3.8, 4) is 0 Å². The van der Waals surface area contributed by atoms with E-state index in [1.807, 2.05) is 18.2 Å². The highest BCUT2D eigenvalue weighted by molar-refractivity contribution is 5.17. The Kier molecular flexibility index (Phi) is 6.68. The van der Waals surface area contributed by atoms with Gasteiger partial charge < -0.3 is 14.7 Å². The van der Waals surface area contributed by atoms with Gasteiger partial charge >= 0.3 is 0 Å². The van der Waals surface area contributed by atoms with E-state index in [0.717, 1.165) is 32.0 Å². The van der Waals surface area contributed by atoms with Crippen LogP contribution >= 0.6 is 0 Å². The van der Waals surface area contributed by atoms with E-state index in [2.05, 4.69) is 30.9 Å². The first kappa shape index (κ1) is 16.5. The normalized spacial score (nSPS) is 22.9. The third-order valence-corrected chi connectivity index (χ3v) is 4.24. The van der Waals surface area contributed by atoms with E-state index in [1.165, 1.54) is 18.4 Å². The Balaban J connectivity index is 1.76. The van der Waals surface area contributed by atoms with Crippen LogP contribution in [0.2, 0.25) is 0 Å². The number of aliphatic hydroxyl groups excluding tert-OH is 1. The van der Waals surface area contributed by atoms with Crippen LogP contribution in [0, 0.1) is 5.92 Å². The van der Waals surface area contributed by atoms with Crippen LogP contribution in [0.5, 0.6) is 0 Å². The molecule has 0 spiro atoms. The van der Waals surface area contributed by atoms with Gasteiger partial charge in [-0.05, 0) is 37.3 Å². The molecule has 1 heterocycles. The summed E-state index contributed by atoms with van der Waals surface area (Å²) >= 11 is 0. The molecular weight excluding hydrogens is 262 g/mol. The van der Waals surface area contributed by atoms with Gasteiger partial charge in [0, 0.05) is 13.1 Å². The van der Waals surface area contributed by atoms with Crippen LogP contribution in [0.3, 0.4) is 0 Å². The van der Waals surface area contributed by atoms with E-state index >= 15 is 0 Å². The summed E-state index contributed by atoms with van der Waals surface area (Å²) in [6.07, 6.45) is 3.18. The number of hydrogen-bond donors (Lipinski definition) is 1. The molecule has 1 fully saturated rings. The zero-order chi connectivity index (χ0) is 15.1. The van der Waals surface area contributed by atoms with Gasteiger partial charge in [0.25, 0.3) is 0 Å². The third-order valence-electron chi connectivity index (χ3n) is 4.24. The van der Waals surface area contributed by atoms with E-state index in [0.29, 0.717) is 6.61 Å². The van der Waals surface area contributed by atoms with Crippen molar-refractivity contribution < 1.29 is 9.84 Å². The summed E-state index contributed by atoms with van der Waals surface area (Å²) in [5.74, 6) is 0.750. The minimum absolute atomic E-state index is 0.0844. The summed E-state index contributed by atoms with van der Waals surface area (Å²) in [5, 5.41) is 10.2. The second-order valence-electron chi connectivity index (χ2n) is 6.30. The molecule has 0 saturated carbocycles. The van der Waals surface area contributed by atoms with Gasteiger partial charge in [0.05, 0.1) is 18.8 Å². The fourth-order valence-corrected chi connectivity index (χ4v) is 3.15. The Hall–Kier alpha value is -0.900. The molecule has 3 atom stereocenters. The lowest BCUT2D eigenvalue weighted by Gasteiger charge is -2.32. The van der Waals surface area contributed by atoms with Crippen LogP contribution < -0.4 is 0 Å². The highest BCUT2D eigenvalue weighted by Crippen LogP contribution is 2.21. The van der Waals surface area contributed by atoms with Crippen molar-refractivity contribution in [2.24, 2.45) is 5.92 Å². The number of nitrogens with zero attached hydrogens (tertiary/aromatic N) is 1. The lowest BCUT2D eigenvalue weighted by molar-refractivity contribution is -0.0271. The number of β-amino-alcohol motifs (C(OH)–C–C–N with tert-alkyl or cyclic N) is 1. The van der Waals surface area contributed by atoms with Crippen LogP contribution in [0.25, 0.3) is 0 Å². The smallest absolute Gasteiger partial charge is 0.0900 e. The molecule has 0 amide bonds. The monoisotopic (exact) mass is 291 g/mol. The fourth-order valence-electron chi connectivity index (χ4n) is 3.15. The Morgan fingerprint density at radius 3 is 2.76 bits per heavy atom. The second-order valence-corrected chi connectivity index (χ2v) is 6.30. The minimum Gasteiger partial charge on any atom is -0.389 e. The van der Waals surface area contributed by atoms with Crippen molar-refractivity contribution in [1.82, 2.24) is 4.90 Å². The summed E-state index contributed by atoms with van der Waals surface area (Å²) in [5.41, 5.74) is 1.19. The lowest BCUT2D eigenvalue weighted by Crippen LogP contribution is -2.40. The molecule has 3 nitrogen and oxygen atoms in total. The third kappa shape index (κ3) is 5.42. The van der Waals surface area contributed by atoms with Gasteiger partial charge in [0.1, 0.15) is 0 Å². The average Bonchev–Trinajstić information content (AvgIpc) is 2.49. The van der Waals surface area contributed by atoms with Crippen molar-refractivity contribution in [3.63, 3.8) is 0 Å². The Morgan fingerprint density at radius 1 is 1.33 bits per heavy atom. The summed E-state index contributed by atoms with van der Waals surface area (Å²) in [6, 6.07) is 10.3. The summed E-state index contributed by atoms with van der Waals surface area (Å²) in [7, 11) is 0. The maximum atomic E-state index is 10.2. The van der Waals surface area contributed by atoms with Gasteiger partial charge in [-0.2, -0.15) is 0 Å². The Bertz CT molecular complexity index is 395. The summed E-state index contributed by atoms with van der Waals surface area (Å²) in [4.78, 5) is 2.37. The summed E-state index contributed by atoms with van der Waals surface area (Å²) in [6.45, 7) is 7.77. The molecule has 1 aliphatic heterocycles. The van der Waals surface area contributed by atoms with Crippen LogP contribution in [-0.4, -0.2) is 42.4 Å². The first-order chi connectivity index (χ1) is 10.2. The summed E-state index contributed by atoms with van der Waals surface area (Å²) < 4.78 is 5.93. The average molecular weight is 291 g/mol. The van der Waals surface area contributed by atoms with Gasteiger partial charge in [0.15, 0.2) is 0 Å². The van der Waals surface area contributed by atoms with Crippen LogP contribution in [0.1, 0.15) is 44.8 Å². The number of ether oxygens (including phenoxy) is 1. The number of likely N-dealkylation sites (tertiary alicyclic amines) is 1. The largest absolute Gasteiger partial charge is 0.389 e. The lowest BCUT2D eigenvalue weighted by atomic mass is 10.00. The molecule has 3 unspecified atom stereocenters. The highest BCUT2D eigenvalue weighted by Gasteiger charge is 2.20. The zero-order valence-corrected chi connectivity index (χ0v) is 13.4. The quantitative estimate of drug-likeness (QED) is 0.837. The van der Waals surface area contributed by atoms with E-state index < -0.39 is 6.10 Å². The number of benzene rings is 1. The molecule has 0 aromatic heterocycles. The van der Waals surface area contributed by atoms with Crippen molar-refractivity contribution in [2.45, 2.75) is 45.3 Å². The van der Waals surface area contributed by atoms with Crippen molar-refractivity contribution >= 4 is 0 Å². The maximum Gasteiger partial charge on any atom is 0.0900 e. The second kappa shape index (κ2) is 8.52. The van der Waals surface area contributed by atoms with E-state index in [-0.39, 0.29) is 6.10 Å². The molecule has 118 valence electrons. The molecule has 1 aliphatic rings. The molecule has 1 aromatic rings. The minimum atomic E-state index is -0.395. The van der Waals surface area contributed by atoms with Crippen molar-refractivity contribution in [3.05, 3.63) is 35.9 Å². The molecule has 0 aliphatic carbocycles. The zero-order valence-electron chi connectivity index (χ0n) is 13.4. The van der Waals surface area contributed by atoms with E-state index in [4.69, 9.17) is 4.74 Å². The standard InChI is InChI=1S/C18H29NO2/c1-3-18(16-9-5-4-6-10-16)21-14-17(20)13-19-11-7-8-15(2)12-19/h4-6,9-10,15,17-18,20H,3,7-8,11-14H2,1-2H3. The predicted molar refractivity (Wildman–Crippen MR) is 86.3 cm³/mol. The molecular formula is C18H29NO2. The maximum absolute atomic E-state index is 10.2. The van der Waals surface area contributed by atoms with Crippen molar-refractivity contribution in [1.29, 1.82) is 0 Å². The van der Waals surface area contributed by atoms with Gasteiger partial charge in [-0.15, -0.1) is 0 Å². The predicted octanol–water partition coefficient (Wildman–Crippen LogP) is 3.25. The SMILES string of the molecule is CCC(OCC(O)CN1CCCC(C)C1)c1ccccc1. The molecule has 1 saturated heterocycles. The van der Waals surface area contributed by atoms with Crippen LogP contribution in [0.4, 0.5) is 0 Å². The van der Waals surface area contributed by atoms with Gasteiger partial charge in [-0.3, -0.25) is 0 Å². The van der Waals surface area contributed by atoms with E-state index in [1.54, 1.807) is 0 Å². The number of aliphatic hydroxyl groups is 1. The molecule has 1 N–H and O–H groups in total. The Morgan fingerprint density at radius 2 is 2.10 bits per heavy atom. The topological polar surface area (TPSA) is 32.7 Å². The molecule has 2 rings (SSSR count). The molecule has 1 aromatic carbocycles. The van der Waals surface area contributed by atoms with Gasteiger partial charge in [-0.25, -0.2) is 0 Å². The number of hydrogen-bond acceptors (Lipinski definition) is 3. The Labute approximate surface area is 128 Å². The van der Waals surface area contributed by atoms with Crippen LogP contribution in [0.15, 0.2) is 30.3 Å². The van der Waals surface area contributed by atoms with Gasteiger partial charge in [0.2, 0.25) is 0 Å². The molecule has 0 bridgehead atoms. The highest BCUT2D eigenvalue weighted by atomic mass is 16.5.